The zero-order valence-electron chi connectivity index (χ0n) is 13.3. The molecule has 0 atom stereocenters. The number of nitrogens with one attached hydrogen (secondary N) is 1. The third-order valence-corrected chi connectivity index (χ3v) is 3.98. The van der Waals surface area contributed by atoms with Crippen molar-refractivity contribution in [2.45, 2.75) is 6.92 Å². The van der Waals surface area contributed by atoms with Gasteiger partial charge in [0.05, 0.1) is 16.4 Å². The van der Waals surface area contributed by atoms with Crippen LogP contribution in [0.3, 0.4) is 0 Å². The minimum absolute atomic E-state index is 0.0820. The van der Waals surface area contributed by atoms with Crippen molar-refractivity contribution < 1.29 is 19.4 Å². The number of carbonyl (C=O) groups is 1. The Morgan fingerprint density at radius 2 is 2.16 bits per heavy atom. The number of amides is 1. The molecule has 0 aliphatic carbocycles. The van der Waals surface area contributed by atoms with Crippen molar-refractivity contribution in [2.24, 2.45) is 5.10 Å². The Morgan fingerprint density at radius 3 is 2.88 bits per heavy atom. The van der Waals surface area contributed by atoms with Crippen LogP contribution < -0.4 is 14.9 Å². The van der Waals surface area contributed by atoms with Crippen LogP contribution >= 0.6 is 34.2 Å². The third kappa shape index (κ3) is 6.09. The maximum atomic E-state index is 11.7. The van der Waals surface area contributed by atoms with Crippen molar-refractivity contribution in [3.63, 3.8) is 0 Å². The predicted molar refractivity (Wildman–Crippen MR) is 105 cm³/mol. The highest BCUT2D eigenvalue weighted by molar-refractivity contribution is 14.1. The van der Waals surface area contributed by atoms with Crippen molar-refractivity contribution in [1.29, 1.82) is 0 Å². The number of hydrazone groups is 1. The van der Waals surface area contributed by atoms with Gasteiger partial charge >= 0.3 is 0 Å². The second-order valence-electron chi connectivity index (χ2n) is 4.82. The van der Waals surface area contributed by atoms with Crippen molar-refractivity contribution in [3.8, 4) is 17.2 Å². The van der Waals surface area contributed by atoms with E-state index in [0.717, 1.165) is 0 Å². The number of hydrogen-bond donors (Lipinski definition) is 2. The van der Waals surface area contributed by atoms with Gasteiger partial charge in [0.2, 0.25) is 0 Å². The number of nitrogens with zero attached hydrogens (tertiary/aromatic N) is 1. The molecule has 2 N–H and O–H groups in total. The van der Waals surface area contributed by atoms with Crippen molar-refractivity contribution in [1.82, 2.24) is 5.43 Å². The number of phenolic OH excluding ortho intramolecular Hbond substituents is 1. The van der Waals surface area contributed by atoms with E-state index in [1.54, 1.807) is 36.4 Å². The number of benzene rings is 2. The molecule has 2 aromatic carbocycles. The summed E-state index contributed by atoms with van der Waals surface area (Å²) in [4.78, 5) is 11.7. The Hall–Kier alpha value is -2.00. The molecule has 8 heteroatoms. The molecule has 132 valence electrons. The zero-order chi connectivity index (χ0) is 18.2. The molecule has 0 bridgehead atoms. The van der Waals surface area contributed by atoms with Gasteiger partial charge in [-0.05, 0) is 65.4 Å². The molecule has 2 rings (SSSR count). The first kappa shape index (κ1) is 19.3. The van der Waals surface area contributed by atoms with Gasteiger partial charge in [-0.2, -0.15) is 5.10 Å². The van der Waals surface area contributed by atoms with Crippen LogP contribution in [0.5, 0.6) is 17.2 Å². The molecule has 0 unspecified atom stereocenters. The number of halogens is 2. The lowest BCUT2D eigenvalue weighted by Crippen LogP contribution is -2.24. The van der Waals surface area contributed by atoms with Crippen LogP contribution in [0.25, 0.3) is 0 Å². The molecule has 0 spiro atoms. The fraction of sp³-hybridized carbons (Fsp3) is 0.176. The quantitative estimate of drug-likeness (QED) is 0.365. The molecule has 0 radical (unpaired) electrons. The van der Waals surface area contributed by atoms with Gasteiger partial charge < -0.3 is 14.6 Å². The van der Waals surface area contributed by atoms with E-state index in [-0.39, 0.29) is 12.4 Å². The van der Waals surface area contributed by atoms with Gasteiger partial charge in [0.25, 0.3) is 5.91 Å². The lowest BCUT2D eigenvalue weighted by Gasteiger charge is -2.08. The van der Waals surface area contributed by atoms with Crippen molar-refractivity contribution in [3.05, 3.63) is 50.6 Å². The maximum Gasteiger partial charge on any atom is 0.277 e. The standard InChI is InChI=1S/C17H16ClIN2O4/c1-2-24-15-7-11(6-14(19)17(15)23)9-20-21-16(22)10-25-13-5-3-4-12(18)8-13/h3-9,23H,2,10H2,1H3,(H,21,22)/b20-9-. The summed E-state index contributed by atoms with van der Waals surface area (Å²) in [7, 11) is 0. The van der Waals surface area contributed by atoms with Gasteiger partial charge in [0, 0.05) is 5.02 Å². The molecule has 0 saturated heterocycles. The minimum atomic E-state index is -0.408. The second-order valence-corrected chi connectivity index (χ2v) is 6.42. The first-order valence-corrected chi connectivity index (χ1v) is 8.81. The molecule has 2 aromatic rings. The fourth-order valence-corrected chi connectivity index (χ4v) is 2.66. The molecule has 0 aliphatic rings. The molecule has 25 heavy (non-hydrogen) atoms. The SMILES string of the molecule is CCOc1cc(/C=N\NC(=O)COc2cccc(Cl)c2)cc(I)c1O. The van der Waals surface area contributed by atoms with E-state index in [0.29, 0.717) is 32.3 Å². The normalized spacial score (nSPS) is 10.7. The van der Waals surface area contributed by atoms with E-state index in [2.05, 4.69) is 10.5 Å². The minimum Gasteiger partial charge on any atom is -0.504 e. The largest absolute Gasteiger partial charge is 0.504 e. The lowest BCUT2D eigenvalue weighted by atomic mass is 10.2. The lowest BCUT2D eigenvalue weighted by molar-refractivity contribution is -0.123. The summed E-state index contributed by atoms with van der Waals surface area (Å²) >= 11 is 7.83. The average Bonchev–Trinajstić information content (AvgIpc) is 2.58. The van der Waals surface area contributed by atoms with Gasteiger partial charge in [0.1, 0.15) is 5.75 Å². The summed E-state index contributed by atoms with van der Waals surface area (Å²) < 4.78 is 11.3. The number of carbonyl (C=O) groups excluding carboxylic acids is 1. The highest BCUT2D eigenvalue weighted by Gasteiger charge is 2.08. The molecule has 1 amide bonds. The van der Waals surface area contributed by atoms with E-state index in [1.165, 1.54) is 6.21 Å². The first-order valence-electron chi connectivity index (χ1n) is 7.35. The van der Waals surface area contributed by atoms with Crippen LogP contribution in [0.4, 0.5) is 0 Å². The van der Waals surface area contributed by atoms with Gasteiger partial charge in [-0.1, -0.05) is 17.7 Å². The Kier molecular flexibility index (Phi) is 7.32. The maximum absolute atomic E-state index is 11.7. The smallest absolute Gasteiger partial charge is 0.277 e. The summed E-state index contributed by atoms with van der Waals surface area (Å²) in [6.07, 6.45) is 1.46. The van der Waals surface area contributed by atoms with Gasteiger partial charge in [-0.15, -0.1) is 0 Å². The van der Waals surface area contributed by atoms with Crippen LogP contribution in [-0.2, 0) is 4.79 Å². The third-order valence-electron chi connectivity index (χ3n) is 2.92. The number of hydrogen-bond acceptors (Lipinski definition) is 5. The molecule has 0 aromatic heterocycles. The van der Waals surface area contributed by atoms with Crippen LogP contribution in [0, 0.1) is 3.57 Å². The van der Waals surface area contributed by atoms with E-state index in [4.69, 9.17) is 21.1 Å². The van der Waals surface area contributed by atoms with E-state index < -0.39 is 5.91 Å². The topological polar surface area (TPSA) is 80.2 Å². The summed E-state index contributed by atoms with van der Waals surface area (Å²) in [5.74, 6) is 0.542. The van der Waals surface area contributed by atoms with E-state index >= 15 is 0 Å². The van der Waals surface area contributed by atoms with Crippen LogP contribution in [0.1, 0.15) is 12.5 Å². The summed E-state index contributed by atoms with van der Waals surface area (Å²) in [6.45, 7) is 2.07. The molecule has 0 saturated carbocycles. The molecular formula is C17H16ClIN2O4. The molecule has 0 fully saturated rings. The fourth-order valence-electron chi connectivity index (χ4n) is 1.85. The van der Waals surface area contributed by atoms with Crippen LogP contribution in [0.2, 0.25) is 5.02 Å². The monoisotopic (exact) mass is 474 g/mol. The Morgan fingerprint density at radius 1 is 1.36 bits per heavy atom. The highest BCUT2D eigenvalue weighted by Crippen LogP contribution is 2.32. The second kappa shape index (κ2) is 9.47. The van der Waals surface area contributed by atoms with E-state index in [9.17, 15) is 9.90 Å². The molecule has 6 nitrogen and oxygen atoms in total. The van der Waals surface area contributed by atoms with Gasteiger partial charge in [0.15, 0.2) is 18.1 Å². The molecular weight excluding hydrogens is 459 g/mol. The summed E-state index contributed by atoms with van der Waals surface area (Å²) in [6, 6.07) is 10.1. The Bertz CT molecular complexity index is 783. The Balaban J connectivity index is 1.90. The number of phenols is 1. The number of ether oxygens (including phenoxy) is 2. The van der Waals surface area contributed by atoms with E-state index in [1.807, 2.05) is 29.5 Å². The number of aromatic hydroxyl groups is 1. The Labute approximate surface area is 163 Å². The molecule has 0 aliphatic heterocycles. The van der Waals surface area contributed by atoms with Crippen LogP contribution in [-0.4, -0.2) is 30.4 Å². The first-order chi connectivity index (χ1) is 12.0. The van der Waals surface area contributed by atoms with Gasteiger partial charge in [-0.25, -0.2) is 5.43 Å². The van der Waals surface area contributed by atoms with Gasteiger partial charge in [-0.3, -0.25) is 4.79 Å². The number of rotatable bonds is 7. The summed E-state index contributed by atoms with van der Waals surface area (Å²) in [5.41, 5.74) is 3.05. The predicted octanol–water partition coefficient (Wildman–Crippen LogP) is 3.58. The zero-order valence-corrected chi connectivity index (χ0v) is 16.2. The van der Waals surface area contributed by atoms with Crippen molar-refractivity contribution >= 4 is 46.3 Å². The van der Waals surface area contributed by atoms with Crippen LogP contribution in [0.15, 0.2) is 41.5 Å². The average molecular weight is 475 g/mol. The molecule has 0 heterocycles. The highest BCUT2D eigenvalue weighted by atomic mass is 127. The summed E-state index contributed by atoms with van der Waals surface area (Å²) in [5, 5.41) is 14.3. The van der Waals surface area contributed by atoms with Crippen molar-refractivity contribution in [2.75, 3.05) is 13.2 Å².